The standard InChI is InChI=1S/C23H18N2S/c1-18(21-8-4-2-5-9-21)23(26)25(22-10-6-3-7-11-22)17-20-14-12-19(16-24)13-15-20/h2-15H,1,17H2. The molecule has 3 aromatic rings. The van der Waals surface area contributed by atoms with Crippen molar-refractivity contribution in [1.29, 1.82) is 5.26 Å². The zero-order valence-corrected chi connectivity index (χ0v) is 15.1. The fourth-order valence-corrected chi connectivity index (χ4v) is 2.97. The number of rotatable bonds is 5. The van der Waals surface area contributed by atoms with Gasteiger partial charge in [-0.2, -0.15) is 5.26 Å². The molecule has 0 amide bonds. The molecule has 126 valence electrons. The first kappa shape index (κ1) is 17.6. The summed E-state index contributed by atoms with van der Waals surface area (Å²) in [5.41, 5.74) is 4.57. The lowest BCUT2D eigenvalue weighted by Crippen LogP contribution is -2.29. The normalized spacial score (nSPS) is 9.96. The Kier molecular flexibility index (Phi) is 5.58. The molecule has 0 aliphatic rings. The molecular formula is C23H18N2S. The summed E-state index contributed by atoms with van der Waals surface area (Å²) in [4.78, 5) is 2.76. The molecule has 0 spiro atoms. The van der Waals surface area contributed by atoms with Gasteiger partial charge in [0.05, 0.1) is 11.6 Å². The molecule has 26 heavy (non-hydrogen) atoms. The summed E-state index contributed by atoms with van der Waals surface area (Å²) in [7, 11) is 0. The molecule has 0 bridgehead atoms. The maximum Gasteiger partial charge on any atom is 0.113 e. The third-order valence-electron chi connectivity index (χ3n) is 4.12. The Labute approximate surface area is 159 Å². The van der Waals surface area contributed by atoms with Crippen molar-refractivity contribution in [3.05, 3.63) is 108 Å². The first-order chi connectivity index (χ1) is 12.7. The second kappa shape index (κ2) is 8.24. The van der Waals surface area contributed by atoms with Crippen LogP contribution in [0.15, 0.2) is 91.5 Å². The summed E-state index contributed by atoms with van der Waals surface area (Å²) in [6, 6.07) is 29.7. The molecule has 0 fully saturated rings. The van der Waals surface area contributed by atoms with Crippen LogP contribution in [-0.2, 0) is 6.54 Å². The molecule has 0 aliphatic heterocycles. The average Bonchev–Trinajstić information content (AvgIpc) is 2.72. The number of hydrogen-bond donors (Lipinski definition) is 0. The van der Waals surface area contributed by atoms with Gasteiger partial charge < -0.3 is 4.90 Å². The van der Waals surface area contributed by atoms with Gasteiger partial charge >= 0.3 is 0 Å². The van der Waals surface area contributed by atoms with Crippen molar-refractivity contribution in [3.63, 3.8) is 0 Å². The Hall–Kier alpha value is -3.22. The summed E-state index contributed by atoms with van der Waals surface area (Å²) < 4.78 is 0. The van der Waals surface area contributed by atoms with Crippen molar-refractivity contribution in [1.82, 2.24) is 0 Å². The van der Waals surface area contributed by atoms with E-state index in [4.69, 9.17) is 17.5 Å². The molecule has 0 N–H and O–H groups in total. The lowest BCUT2D eigenvalue weighted by molar-refractivity contribution is 1.02. The van der Waals surface area contributed by atoms with E-state index >= 15 is 0 Å². The Morgan fingerprint density at radius 1 is 0.885 bits per heavy atom. The van der Waals surface area contributed by atoms with Crippen molar-refractivity contribution in [2.24, 2.45) is 0 Å². The smallest absolute Gasteiger partial charge is 0.113 e. The largest absolute Gasteiger partial charge is 0.328 e. The third-order valence-corrected chi connectivity index (χ3v) is 4.58. The van der Waals surface area contributed by atoms with Gasteiger partial charge in [-0.1, -0.05) is 79.5 Å². The molecule has 0 unspecified atom stereocenters. The number of benzene rings is 3. The number of thiocarbonyl (C=S) groups is 1. The van der Waals surface area contributed by atoms with Crippen LogP contribution in [0.4, 0.5) is 5.69 Å². The van der Waals surface area contributed by atoms with Crippen molar-refractivity contribution >= 4 is 28.5 Å². The van der Waals surface area contributed by atoms with Gasteiger partial charge in [0.25, 0.3) is 0 Å². The van der Waals surface area contributed by atoms with Gasteiger partial charge in [0.15, 0.2) is 0 Å². The van der Waals surface area contributed by atoms with E-state index in [-0.39, 0.29) is 0 Å². The predicted octanol–water partition coefficient (Wildman–Crippen LogP) is 5.61. The van der Waals surface area contributed by atoms with Crippen molar-refractivity contribution in [2.45, 2.75) is 6.54 Å². The molecule has 3 heteroatoms. The maximum atomic E-state index is 8.98. The van der Waals surface area contributed by atoms with Crippen molar-refractivity contribution in [3.8, 4) is 6.07 Å². The Morgan fingerprint density at radius 3 is 2.04 bits per heavy atom. The van der Waals surface area contributed by atoms with Crippen LogP contribution in [-0.4, -0.2) is 4.99 Å². The molecule has 0 saturated heterocycles. The lowest BCUT2D eigenvalue weighted by Gasteiger charge is -2.27. The van der Waals surface area contributed by atoms with Crippen LogP contribution >= 0.6 is 12.2 Å². The SMILES string of the molecule is C=C(C(=S)N(Cc1ccc(C#N)cc1)c1ccccc1)c1ccccc1. The first-order valence-electron chi connectivity index (χ1n) is 8.29. The van der Waals surface area contributed by atoms with E-state index in [9.17, 15) is 0 Å². The fourth-order valence-electron chi connectivity index (χ4n) is 2.68. The molecule has 0 atom stereocenters. The number of nitriles is 1. The zero-order valence-electron chi connectivity index (χ0n) is 14.3. The molecule has 0 aromatic heterocycles. The van der Waals surface area contributed by atoms with Crippen LogP contribution in [0, 0.1) is 11.3 Å². The van der Waals surface area contributed by atoms with Crippen molar-refractivity contribution < 1.29 is 0 Å². The Morgan fingerprint density at radius 2 is 1.46 bits per heavy atom. The molecule has 0 saturated carbocycles. The average molecular weight is 354 g/mol. The van der Waals surface area contributed by atoms with Crippen LogP contribution in [0.2, 0.25) is 0 Å². The molecule has 3 rings (SSSR count). The highest BCUT2D eigenvalue weighted by atomic mass is 32.1. The third kappa shape index (κ3) is 4.05. The highest BCUT2D eigenvalue weighted by molar-refractivity contribution is 7.81. The van der Waals surface area contributed by atoms with Crippen LogP contribution in [0.3, 0.4) is 0 Å². The predicted molar refractivity (Wildman–Crippen MR) is 112 cm³/mol. The zero-order chi connectivity index (χ0) is 18.4. The molecule has 2 nitrogen and oxygen atoms in total. The molecule has 0 aliphatic carbocycles. The highest BCUT2D eigenvalue weighted by Gasteiger charge is 2.16. The fraction of sp³-hybridized carbons (Fsp3) is 0.0435. The number of para-hydroxylation sites is 1. The Balaban J connectivity index is 1.92. The van der Waals surface area contributed by atoms with E-state index in [0.717, 1.165) is 22.4 Å². The second-order valence-corrected chi connectivity index (χ2v) is 6.27. The first-order valence-corrected chi connectivity index (χ1v) is 8.70. The quantitative estimate of drug-likeness (QED) is 0.440. The van der Waals surface area contributed by atoms with Gasteiger partial charge in [-0.15, -0.1) is 0 Å². The van der Waals surface area contributed by atoms with Gasteiger partial charge in [-0.3, -0.25) is 0 Å². The summed E-state index contributed by atoms with van der Waals surface area (Å²) >= 11 is 5.78. The van der Waals surface area contributed by atoms with Gasteiger partial charge in [-0.25, -0.2) is 0 Å². The Bertz CT molecular complexity index is 939. The minimum Gasteiger partial charge on any atom is -0.328 e. The monoisotopic (exact) mass is 354 g/mol. The number of anilines is 1. The summed E-state index contributed by atoms with van der Waals surface area (Å²) in [5, 5.41) is 8.98. The van der Waals surface area contributed by atoms with E-state index in [1.54, 1.807) is 0 Å². The molecule has 3 aromatic carbocycles. The summed E-state index contributed by atoms with van der Waals surface area (Å²) in [6.45, 7) is 4.83. The van der Waals surface area contributed by atoms with Gasteiger partial charge in [-0.05, 0) is 35.4 Å². The van der Waals surface area contributed by atoms with Crippen LogP contribution in [0.25, 0.3) is 5.57 Å². The molecule has 0 radical (unpaired) electrons. The maximum absolute atomic E-state index is 8.98. The van der Waals surface area contributed by atoms with E-state index in [0.29, 0.717) is 17.1 Å². The van der Waals surface area contributed by atoms with Crippen LogP contribution in [0.5, 0.6) is 0 Å². The van der Waals surface area contributed by atoms with Crippen LogP contribution in [0.1, 0.15) is 16.7 Å². The topological polar surface area (TPSA) is 27.0 Å². The van der Waals surface area contributed by atoms with E-state index in [2.05, 4.69) is 17.5 Å². The number of hydrogen-bond acceptors (Lipinski definition) is 2. The van der Waals surface area contributed by atoms with E-state index in [1.807, 2.05) is 84.9 Å². The highest BCUT2D eigenvalue weighted by Crippen LogP contribution is 2.24. The minimum atomic E-state index is 0.612. The van der Waals surface area contributed by atoms with Gasteiger partial charge in [0.1, 0.15) is 4.99 Å². The van der Waals surface area contributed by atoms with E-state index in [1.165, 1.54) is 0 Å². The van der Waals surface area contributed by atoms with Crippen LogP contribution < -0.4 is 4.90 Å². The van der Waals surface area contributed by atoms with E-state index < -0.39 is 0 Å². The lowest BCUT2D eigenvalue weighted by atomic mass is 10.1. The minimum absolute atomic E-state index is 0.612. The molecule has 0 heterocycles. The summed E-state index contributed by atoms with van der Waals surface area (Å²) in [6.07, 6.45) is 0. The number of nitrogens with zero attached hydrogens (tertiary/aromatic N) is 2. The molecular weight excluding hydrogens is 336 g/mol. The van der Waals surface area contributed by atoms with Gasteiger partial charge in [0, 0.05) is 17.8 Å². The van der Waals surface area contributed by atoms with Gasteiger partial charge in [0.2, 0.25) is 0 Å². The van der Waals surface area contributed by atoms with Crippen molar-refractivity contribution in [2.75, 3.05) is 4.90 Å². The second-order valence-electron chi connectivity index (χ2n) is 5.88. The summed E-state index contributed by atoms with van der Waals surface area (Å²) in [5.74, 6) is 0.